The smallest absolute Gasteiger partial charge is 0.171 e. The van der Waals surface area contributed by atoms with Crippen molar-refractivity contribution in [3.05, 3.63) is 23.8 Å². The SMILES string of the molecule is CC1CCN(c2ccc3c(c2)C(C)OO3)CC1. The zero-order valence-electron chi connectivity index (χ0n) is 10.5. The number of piperidine rings is 1. The molecule has 0 amide bonds. The Bertz CT molecular complexity index is 411. The fraction of sp³-hybridized carbons (Fsp3) is 0.571. The first-order valence-corrected chi connectivity index (χ1v) is 6.46. The molecule has 0 N–H and O–H groups in total. The molecule has 3 rings (SSSR count). The molecule has 17 heavy (non-hydrogen) atoms. The Morgan fingerprint density at radius 3 is 2.71 bits per heavy atom. The lowest BCUT2D eigenvalue weighted by atomic mass is 9.98. The van der Waals surface area contributed by atoms with Crippen LogP contribution in [0.25, 0.3) is 0 Å². The lowest BCUT2D eigenvalue weighted by Gasteiger charge is -2.32. The van der Waals surface area contributed by atoms with Gasteiger partial charge in [0.2, 0.25) is 0 Å². The van der Waals surface area contributed by atoms with Crippen LogP contribution in [0.1, 0.15) is 38.4 Å². The van der Waals surface area contributed by atoms with Crippen LogP contribution in [0.5, 0.6) is 5.75 Å². The first-order chi connectivity index (χ1) is 8.24. The van der Waals surface area contributed by atoms with Crippen LogP contribution in [0.2, 0.25) is 0 Å². The topological polar surface area (TPSA) is 21.7 Å². The standard InChI is InChI=1S/C14H19NO2/c1-10-5-7-15(8-6-10)12-3-4-14-13(9-12)11(2)16-17-14/h3-4,9-11H,5-8H2,1-2H3. The maximum Gasteiger partial charge on any atom is 0.171 e. The predicted octanol–water partition coefficient (Wildman–Crippen LogP) is 3.31. The quantitative estimate of drug-likeness (QED) is 0.695. The van der Waals surface area contributed by atoms with E-state index in [2.05, 4.69) is 24.0 Å². The highest BCUT2D eigenvalue weighted by Crippen LogP contribution is 2.37. The minimum absolute atomic E-state index is 0.0497. The summed E-state index contributed by atoms with van der Waals surface area (Å²) < 4.78 is 0. The first kappa shape index (κ1) is 10.9. The lowest BCUT2D eigenvalue weighted by Crippen LogP contribution is -2.32. The van der Waals surface area contributed by atoms with Crippen molar-refractivity contribution in [2.24, 2.45) is 5.92 Å². The molecule has 92 valence electrons. The fourth-order valence-corrected chi connectivity index (χ4v) is 2.57. The summed E-state index contributed by atoms with van der Waals surface area (Å²) >= 11 is 0. The van der Waals surface area contributed by atoms with Gasteiger partial charge in [0, 0.05) is 24.3 Å². The molecule has 0 bridgehead atoms. The normalized spacial score (nSPS) is 24.6. The molecule has 3 heteroatoms. The Morgan fingerprint density at radius 2 is 1.94 bits per heavy atom. The van der Waals surface area contributed by atoms with Gasteiger partial charge in [-0.3, -0.25) is 0 Å². The molecule has 3 nitrogen and oxygen atoms in total. The Kier molecular flexibility index (Phi) is 2.71. The highest BCUT2D eigenvalue weighted by Gasteiger charge is 2.24. The number of hydrogen-bond donors (Lipinski definition) is 0. The van der Waals surface area contributed by atoms with Crippen LogP contribution in [0.4, 0.5) is 5.69 Å². The van der Waals surface area contributed by atoms with Crippen LogP contribution in [0, 0.1) is 5.92 Å². The molecule has 1 fully saturated rings. The number of anilines is 1. The van der Waals surface area contributed by atoms with E-state index < -0.39 is 0 Å². The van der Waals surface area contributed by atoms with E-state index in [-0.39, 0.29) is 6.10 Å². The Balaban J connectivity index is 1.82. The van der Waals surface area contributed by atoms with E-state index in [9.17, 15) is 0 Å². The first-order valence-electron chi connectivity index (χ1n) is 6.46. The van der Waals surface area contributed by atoms with Crippen molar-refractivity contribution in [1.29, 1.82) is 0 Å². The van der Waals surface area contributed by atoms with Crippen molar-refractivity contribution in [1.82, 2.24) is 0 Å². The van der Waals surface area contributed by atoms with Gasteiger partial charge in [-0.15, -0.1) is 0 Å². The molecule has 0 saturated carbocycles. The third-order valence-electron chi connectivity index (χ3n) is 3.86. The number of fused-ring (bicyclic) bond motifs is 1. The summed E-state index contributed by atoms with van der Waals surface area (Å²) in [7, 11) is 0. The second kappa shape index (κ2) is 4.22. The van der Waals surface area contributed by atoms with E-state index in [1.807, 2.05) is 13.0 Å². The van der Waals surface area contributed by atoms with E-state index in [1.54, 1.807) is 0 Å². The molecule has 2 aliphatic rings. The van der Waals surface area contributed by atoms with Crippen LogP contribution >= 0.6 is 0 Å². The van der Waals surface area contributed by atoms with Crippen LogP contribution in [-0.4, -0.2) is 13.1 Å². The largest absolute Gasteiger partial charge is 0.372 e. The minimum Gasteiger partial charge on any atom is -0.372 e. The van der Waals surface area contributed by atoms with Gasteiger partial charge in [0.05, 0.1) is 0 Å². The average molecular weight is 233 g/mol. The highest BCUT2D eigenvalue weighted by atomic mass is 17.2. The molecule has 0 radical (unpaired) electrons. The summed E-state index contributed by atoms with van der Waals surface area (Å²) in [5.74, 6) is 1.73. The van der Waals surface area contributed by atoms with Gasteiger partial charge in [0.25, 0.3) is 0 Å². The van der Waals surface area contributed by atoms with Crippen molar-refractivity contribution in [3.8, 4) is 5.75 Å². The molecule has 0 aromatic heterocycles. The molecular weight excluding hydrogens is 214 g/mol. The number of rotatable bonds is 1. The predicted molar refractivity (Wildman–Crippen MR) is 67.2 cm³/mol. The van der Waals surface area contributed by atoms with Crippen LogP contribution in [-0.2, 0) is 4.89 Å². The van der Waals surface area contributed by atoms with Gasteiger partial charge in [-0.25, -0.2) is 0 Å². The van der Waals surface area contributed by atoms with Crippen LogP contribution in [0.15, 0.2) is 18.2 Å². The molecule has 2 aliphatic heterocycles. The minimum atomic E-state index is 0.0497. The zero-order valence-corrected chi connectivity index (χ0v) is 10.5. The third kappa shape index (κ3) is 2.00. The Morgan fingerprint density at radius 1 is 1.18 bits per heavy atom. The van der Waals surface area contributed by atoms with Crippen LogP contribution < -0.4 is 9.79 Å². The second-order valence-electron chi connectivity index (χ2n) is 5.21. The molecule has 2 heterocycles. The van der Waals surface area contributed by atoms with Crippen molar-refractivity contribution in [2.45, 2.75) is 32.8 Å². The fourth-order valence-electron chi connectivity index (χ4n) is 2.57. The summed E-state index contributed by atoms with van der Waals surface area (Å²) in [6.07, 6.45) is 2.63. The monoisotopic (exact) mass is 233 g/mol. The van der Waals surface area contributed by atoms with Gasteiger partial charge in [-0.05, 0) is 43.9 Å². The van der Waals surface area contributed by atoms with Gasteiger partial charge in [-0.2, -0.15) is 4.89 Å². The van der Waals surface area contributed by atoms with E-state index >= 15 is 0 Å². The van der Waals surface area contributed by atoms with Crippen LogP contribution in [0.3, 0.4) is 0 Å². The average Bonchev–Trinajstić information content (AvgIpc) is 2.72. The molecule has 1 aromatic carbocycles. The maximum absolute atomic E-state index is 5.16. The number of nitrogens with zero attached hydrogens (tertiary/aromatic N) is 1. The molecule has 1 saturated heterocycles. The summed E-state index contributed by atoms with van der Waals surface area (Å²) in [4.78, 5) is 12.8. The third-order valence-corrected chi connectivity index (χ3v) is 3.86. The molecule has 1 atom stereocenters. The number of hydrogen-bond acceptors (Lipinski definition) is 3. The highest BCUT2D eigenvalue weighted by molar-refractivity contribution is 5.54. The van der Waals surface area contributed by atoms with Crippen molar-refractivity contribution in [3.63, 3.8) is 0 Å². The van der Waals surface area contributed by atoms with Crippen molar-refractivity contribution < 1.29 is 9.78 Å². The summed E-state index contributed by atoms with van der Waals surface area (Å²) in [5.41, 5.74) is 2.47. The molecule has 0 spiro atoms. The van der Waals surface area contributed by atoms with E-state index in [1.165, 1.54) is 24.1 Å². The summed E-state index contributed by atoms with van der Waals surface area (Å²) in [5, 5.41) is 0. The Hall–Kier alpha value is -1.22. The van der Waals surface area contributed by atoms with Gasteiger partial charge < -0.3 is 9.79 Å². The van der Waals surface area contributed by atoms with E-state index in [0.717, 1.165) is 24.8 Å². The van der Waals surface area contributed by atoms with E-state index in [0.29, 0.717) is 0 Å². The Labute approximate surface area is 102 Å². The molecule has 1 unspecified atom stereocenters. The van der Waals surface area contributed by atoms with Crippen molar-refractivity contribution in [2.75, 3.05) is 18.0 Å². The van der Waals surface area contributed by atoms with Gasteiger partial charge >= 0.3 is 0 Å². The van der Waals surface area contributed by atoms with Gasteiger partial charge in [0.1, 0.15) is 6.10 Å². The van der Waals surface area contributed by atoms with Crippen molar-refractivity contribution >= 4 is 5.69 Å². The lowest BCUT2D eigenvalue weighted by molar-refractivity contribution is -0.218. The van der Waals surface area contributed by atoms with Gasteiger partial charge in [0.15, 0.2) is 5.75 Å². The maximum atomic E-state index is 5.16. The summed E-state index contributed by atoms with van der Waals surface area (Å²) in [6.45, 7) is 6.68. The molecular formula is C14H19NO2. The summed E-state index contributed by atoms with van der Waals surface area (Å²) in [6, 6.07) is 6.37. The zero-order chi connectivity index (χ0) is 11.8. The number of benzene rings is 1. The second-order valence-corrected chi connectivity index (χ2v) is 5.21. The van der Waals surface area contributed by atoms with E-state index in [4.69, 9.17) is 9.78 Å². The molecule has 1 aromatic rings. The molecule has 0 aliphatic carbocycles. The van der Waals surface area contributed by atoms with Gasteiger partial charge in [-0.1, -0.05) is 6.92 Å².